The van der Waals surface area contributed by atoms with Gasteiger partial charge in [-0.15, -0.1) is 0 Å². The highest BCUT2D eigenvalue weighted by molar-refractivity contribution is 5.74. The SMILES string of the molecule is O=C(N1CCC[C@@H](O)C1)N1CCC[C@@H](O)C1. The van der Waals surface area contributed by atoms with Crippen LogP contribution in [0.2, 0.25) is 0 Å². The van der Waals surface area contributed by atoms with Gasteiger partial charge in [0.25, 0.3) is 0 Å². The molecular formula is C11H20N2O3. The van der Waals surface area contributed by atoms with Gasteiger partial charge in [-0.25, -0.2) is 4.79 Å². The van der Waals surface area contributed by atoms with Gasteiger partial charge in [0.1, 0.15) is 0 Å². The first-order valence-electron chi connectivity index (χ1n) is 6.07. The van der Waals surface area contributed by atoms with Crippen LogP contribution in [-0.4, -0.2) is 64.4 Å². The molecule has 5 heteroatoms. The predicted molar refractivity (Wildman–Crippen MR) is 59.0 cm³/mol. The number of likely N-dealkylation sites (tertiary alicyclic amines) is 2. The Morgan fingerprint density at radius 2 is 1.38 bits per heavy atom. The number of rotatable bonds is 0. The molecule has 0 aromatic carbocycles. The number of carbonyl (C=O) groups is 1. The second-order valence-electron chi connectivity index (χ2n) is 4.77. The molecule has 0 aliphatic carbocycles. The molecule has 0 saturated carbocycles. The maximum Gasteiger partial charge on any atom is 0.320 e. The van der Waals surface area contributed by atoms with Crippen molar-refractivity contribution in [2.24, 2.45) is 0 Å². The van der Waals surface area contributed by atoms with E-state index in [1.165, 1.54) is 0 Å². The zero-order valence-corrected chi connectivity index (χ0v) is 9.51. The van der Waals surface area contributed by atoms with Crippen molar-refractivity contribution >= 4 is 6.03 Å². The number of piperidine rings is 2. The van der Waals surface area contributed by atoms with Crippen LogP contribution in [0.5, 0.6) is 0 Å². The highest BCUT2D eigenvalue weighted by Crippen LogP contribution is 2.16. The Morgan fingerprint density at radius 1 is 0.938 bits per heavy atom. The van der Waals surface area contributed by atoms with E-state index in [1.807, 2.05) is 0 Å². The molecule has 2 atom stereocenters. The van der Waals surface area contributed by atoms with Crippen LogP contribution < -0.4 is 0 Å². The molecule has 2 N–H and O–H groups in total. The highest BCUT2D eigenvalue weighted by atomic mass is 16.3. The Kier molecular flexibility index (Phi) is 3.66. The topological polar surface area (TPSA) is 64.0 Å². The van der Waals surface area contributed by atoms with Crippen LogP contribution in [0.3, 0.4) is 0 Å². The van der Waals surface area contributed by atoms with Gasteiger partial charge in [0.2, 0.25) is 0 Å². The van der Waals surface area contributed by atoms with Crippen molar-refractivity contribution in [2.45, 2.75) is 37.9 Å². The Bertz CT molecular complexity index is 236. The van der Waals surface area contributed by atoms with Crippen LogP contribution in [-0.2, 0) is 0 Å². The van der Waals surface area contributed by atoms with Gasteiger partial charge in [-0.2, -0.15) is 0 Å². The molecule has 2 amide bonds. The lowest BCUT2D eigenvalue weighted by Gasteiger charge is -2.37. The molecule has 5 nitrogen and oxygen atoms in total. The van der Waals surface area contributed by atoms with Gasteiger partial charge in [0, 0.05) is 26.2 Å². The third kappa shape index (κ3) is 2.65. The molecule has 16 heavy (non-hydrogen) atoms. The molecule has 2 aliphatic heterocycles. The van der Waals surface area contributed by atoms with Gasteiger partial charge < -0.3 is 20.0 Å². The standard InChI is InChI=1S/C11H20N2O3/c14-9-3-1-5-12(7-9)11(16)13-6-2-4-10(15)8-13/h9-10,14-15H,1-8H2/t9-,10-/m1/s1. The van der Waals surface area contributed by atoms with E-state index >= 15 is 0 Å². The first-order chi connectivity index (χ1) is 7.66. The molecule has 0 bridgehead atoms. The zero-order valence-electron chi connectivity index (χ0n) is 9.51. The van der Waals surface area contributed by atoms with Gasteiger partial charge in [-0.3, -0.25) is 0 Å². The van der Waals surface area contributed by atoms with Crippen molar-refractivity contribution in [1.82, 2.24) is 9.80 Å². The van der Waals surface area contributed by atoms with E-state index in [1.54, 1.807) is 9.80 Å². The van der Waals surface area contributed by atoms with E-state index in [2.05, 4.69) is 0 Å². The number of hydrogen-bond acceptors (Lipinski definition) is 3. The maximum atomic E-state index is 12.1. The molecule has 0 unspecified atom stereocenters. The van der Waals surface area contributed by atoms with Crippen LogP contribution in [0.15, 0.2) is 0 Å². The lowest BCUT2D eigenvalue weighted by atomic mass is 10.1. The minimum atomic E-state index is -0.382. The van der Waals surface area contributed by atoms with E-state index in [0.717, 1.165) is 38.8 Å². The fourth-order valence-corrected chi connectivity index (χ4v) is 2.46. The summed E-state index contributed by atoms with van der Waals surface area (Å²) < 4.78 is 0. The van der Waals surface area contributed by atoms with Crippen molar-refractivity contribution in [1.29, 1.82) is 0 Å². The number of β-amino-alcohol motifs (C(OH)–C–C–N with tert-alkyl or cyclic N) is 2. The molecule has 92 valence electrons. The van der Waals surface area contributed by atoms with Crippen LogP contribution in [0, 0.1) is 0 Å². The number of carbonyl (C=O) groups excluding carboxylic acids is 1. The minimum absolute atomic E-state index is 0.0301. The number of aliphatic hydroxyl groups is 2. The molecule has 0 aromatic rings. The van der Waals surface area contributed by atoms with E-state index < -0.39 is 0 Å². The average molecular weight is 228 g/mol. The summed E-state index contributed by atoms with van der Waals surface area (Å²) in [5.41, 5.74) is 0. The molecular weight excluding hydrogens is 208 g/mol. The summed E-state index contributed by atoms with van der Waals surface area (Å²) in [6, 6.07) is -0.0301. The van der Waals surface area contributed by atoms with Crippen molar-refractivity contribution in [3.05, 3.63) is 0 Å². The fourth-order valence-electron chi connectivity index (χ4n) is 2.46. The van der Waals surface area contributed by atoms with E-state index in [9.17, 15) is 15.0 Å². The Labute approximate surface area is 95.6 Å². The molecule has 0 spiro atoms. The Hall–Kier alpha value is -0.810. The van der Waals surface area contributed by atoms with E-state index in [4.69, 9.17) is 0 Å². The van der Waals surface area contributed by atoms with Crippen molar-refractivity contribution in [3.8, 4) is 0 Å². The molecule has 2 aliphatic rings. The second-order valence-corrected chi connectivity index (χ2v) is 4.77. The summed E-state index contributed by atoms with van der Waals surface area (Å²) in [7, 11) is 0. The summed E-state index contributed by atoms with van der Waals surface area (Å²) in [6.45, 7) is 2.32. The van der Waals surface area contributed by atoms with Crippen molar-refractivity contribution in [2.75, 3.05) is 26.2 Å². The van der Waals surface area contributed by atoms with E-state index in [0.29, 0.717) is 13.1 Å². The highest BCUT2D eigenvalue weighted by Gasteiger charge is 2.28. The van der Waals surface area contributed by atoms with Gasteiger partial charge >= 0.3 is 6.03 Å². The van der Waals surface area contributed by atoms with Crippen LogP contribution in [0.1, 0.15) is 25.7 Å². The number of amides is 2. The first kappa shape index (κ1) is 11.7. The summed E-state index contributed by atoms with van der Waals surface area (Å²) in [4.78, 5) is 15.5. The van der Waals surface area contributed by atoms with Gasteiger partial charge in [0.15, 0.2) is 0 Å². The van der Waals surface area contributed by atoms with Crippen molar-refractivity contribution in [3.63, 3.8) is 0 Å². The monoisotopic (exact) mass is 228 g/mol. The largest absolute Gasteiger partial charge is 0.391 e. The van der Waals surface area contributed by atoms with Crippen LogP contribution in [0.25, 0.3) is 0 Å². The summed E-state index contributed by atoms with van der Waals surface area (Å²) in [5, 5.41) is 19.0. The zero-order chi connectivity index (χ0) is 11.5. The molecule has 0 radical (unpaired) electrons. The third-order valence-corrected chi connectivity index (χ3v) is 3.33. The molecule has 0 aromatic heterocycles. The quantitative estimate of drug-likeness (QED) is 0.614. The summed E-state index contributed by atoms with van der Waals surface area (Å²) in [6.07, 6.45) is 2.53. The smallest absolute Gasteiger partial charge is 0.320 e. The minimum Gasteiger partial charge on any atom is -0.391 e. The van der Waals surface area contributed by atoms with Crippen LogP contribution in [0.4, 0.5) is 4.79 Å². The molecule has 2 heterocycles. The van der Waals surface area contributed by atoms with Crippen LogP contribution >= 0.6 is 0 Å². The molecule has 2 rings (SSSR count). The van der Waals surface area contributed by atoms with Gasteiger partial charge in [-0.1, -0.05) is 0 Å². The predicted octanol–water partition coefficient (Wildman–Crippen LogP) is 0.0198. The first-order valence-corrected chi connectivity index (χ1v) is 6.07. The number of nitrogens with zero attached hydrogens (tertiary/aromatic N) is 2. The fraction of sp³-hybridized carbons (Fsp3) is 0.909. The van der Waals surface area contributed by atoms with Crippen molar-refractivity contribution < 1.29 is 15.0 Å². The number of urea groups is 1. The lowest BCUT2D eigenvalue weighted by molar-refractivity contribution is 0.0469. The number of aliphatic hydroxyl groups excluding tert-OH is 2. The Morgan fingerprint density at radius 3 is 1.75 bits per heavy atom. The number of hydrogen-bond donors (Lipinski definition) is 2. The average Bonchev–Trinajstić information content (AvgIpc) is 2.28. The molecule has 2 saturated heterocycles. The Balaban J connectivity index is 1.90. The maximum absolute atomic E-state index is 12.1. The lowest BCUT2D eigenvalue weighted by Crippen LogP contribution is -2.52. The molecule has 2 fully saturated rings. The van der Waals surface area contributed by atoms with Gasteiger partial charge in [-0.05, 0) is 25.7 Å². The van der Waals surface area contributed by atoms with Gasteiger partial charge in [0.05, 0.1) is 12.2 Å². The summed E-state index contributed by atoms with van der Waals surface area (Å²) >= 11 is 0. The summed E-state index contributed by atoms with van der Waals surface area (Å²) in [5.74, 6) is 0. The third-order valence-electron chi connectivity index (χ3n) is 3.33. The second kappa shape index (κ2) is 5.01. The van der Waals surface area contributed by atoms with E-state index in [-0.39, 0.29) is 18.2 Å². The normalized spacial score (nSPS) is 31.6.